The first-order chi connectivity index (χ1) is 12.4. The Balaban J connectivity index is 1.54. The maximum absolute atomic E-state index is 12.7. The number of piperazine rings is 1. The molecule has 0 spiro atoms. The van der Waals surface area contributed by atoms with E-state index in [1.165, 1.54) is 15.6 Å². The van der Waals surface area contributed by atoms with E-state index in [4.69, 9.17) is 0 Å². The van der Waals surface area contributed by atoms with Crippen molar-refractivity contribution in [1.82, 2.24) is 9.21 Å². The molecule has 0 unspecified atom stereocenters. The van der Waals surface area contributed by atoms with E-state index in [2.05, 4.69) is 13.8 Å². The molecule has 0 radical (unpaired) electrons. The number of nitrogens with one attached hydrogen (secondary N) is 1. The molecular weight excluding hydrogens is 350 g/mol. The summed E-state index contributed by atoms with van der Waals surface area (Å²) in [5, 5.41) is 0. The van der Waals surface area contributed by atoms with Gasteiger partial charge in [-0.15, -0.1) is 0 Å². The van der Waals surface area contributed by atoms with E-state index in [1.54, 1.807) is 30.3 Å². The van der Waals surface area contributed by atoms with Gasteiger partial charge < -0.3 is 9.80 Å². The number of quaternary nitrogens is 1. The highest BCUT2D eigenvalue weighted by Crippen LogP contribution is 2.17. The third kappa shape index (κ3) is 4.45. The van der Waals surface area contributed by atoms with Crippen LogP contribution in [-0.2, 0) is 14.8 Å². The van der Waals surface area contributed by atoms with E-state index < -0.39 is 10.0 Å². The minimum absolute atomic E-state index is 0.151. The second kappa shape index (κ2) is 8.06. The third-order valence-corrected chi connectivity index (χ3v) is 7.37. The van der Waals surface area contributed by atoms with Gasteiger partial charge >= 0.3 is 0 Å². The van der Waals surface area contributed by atoms with Crippen LogP contribution in [0.15, 0.2) is 35.2 Å². The third-order valence-electron chi connectivity index (χ3n) is 5.45. The van der Waals surface area contributed by atoms with Crippen molar-refractivity contribution in [1.29, 1.82) is 0 Å². The minimum atomic E-state index is -3.46. The molecule has 1 amide bonds. The van der Waals surface area contributed by atoms with Gasteiger partial charge in [0.2, 0.25) is 10.0 Å². The molecule has 1 aromatic carbocycles. The summed E-state index contributed by atoms with van der Waals surface area (Å²) in [4.78, 5) is 16.2. The Morgan fingerprint density at radius 1 is 1.04 bits per heavy atom. The van der Waals surface area contributed by atoms with Crippen LogP contribution in [0.1, 0.15) is 20.3 Å². The van der Waals surface area contributed by atoms with Crippen LogP contribution in [0, 0.1) is 11.8 Å². The van der Waals surface area contributed by atoms with Gasteiger partial charge in [-0.1, -0.05) is 32.0 Å². The molecular formula is C19H30N3O3S+. The maximum Gasteiger partial charge on any atom is 0.277 e. The molecule has 0 bridgehead atoms. The molecule has 6 nitrogen and oxygen atoms in total. The summed E-state index contributed by atoms with van der Waals surface area (Å²) in [5.74, 6) is 1.47. The summed E-state index contributed by atoms with van der Waals surface area (Å²) >= 11 is 0. The predicted octanol–water partition coefficient (Wildman–Crippen LogP) is 0.0803. The molecule has 7 heteroatoms. The number of carbonyl (C=O) groups excluding carboxylic acids is 1. The van der Waals surface area contributed by atoms with Crippen LogP contribution >= 0.6 is 0 Å². The van der Waals surface area contributed by atoms with Crippen molar-refractivity contribution >= 4 is 15.9 Å². The molecule has 144 valence electrons. The van der Waals surface area contributed by atoms with E-state index in [9.17, 15) is 13.2 Å². The number of benzene rings is 1. The predicted molar refractivity (Wildman–Crippen MR) is 100 cm³/mol. The van der Waals surface area contributed by atoms with Gasteiger partial charge in [-0.3, -0.25) is 4.79 Å². The SMILES string of the molecule is C[C@H]1C[C@H](C)C[NH+](CC(=O)N2CCN(S(=O)(=O)c3ccccc3)CC2)C1. The van der Waals surface area contributed by atoms with E-state index in [1.807, 2.05) is 4.90 Å². The Morgan fingerprint density at radius 3 is 2.19 bits per heavy atom. The Hall–Kier alpha value is -1.44. The normalized spacial score (nSPS) is 28.1. The number of likely N-dealkylation sites (tertiary alicyclic amines) is 1. The number of hydrogen-bond acceptors (Lipinski definition) is 3. The van der Waals surface area contributed by atoms with Gasteiger partial charge in [0, 0.05) is 38.0 Å². The van der Waals surface area contributed by atoms with Crippen LogP contribution in [0.25, 0.3) is 0 Å². The zero-order valence-electron chi connectivity index (χ0n) is 15.7. The second-order valence-corrected chi connectivity index (χ2v) is 9.82. The van der Waals surface area contributed by atoms with Crippen LogP contribution in [0.3, 0.4) is 0 Å². The topological polar surface area (TPSA) is 62.1 Å². The van der Waals surface area contributed by atoms with E-state index >= 15 is 0 Å². The van der Waals surface area contributed by atoms with Gasteiger partial charge in [-0.2, -0.15) is 4.31 Å². The van der Waals surface area contributed by atoms with Gasteiger partial charge in [-0.05, 0) is 18.6 Å². The summed E-state index contributed by atoms with van der Waals surface area (Å²) < 4.78 is 26.8. The summed E-state index contributed by atoms with van der Waals surface area (Å²) in [6, 6.07) is 8.51. The number of nitrogens with zero attached hydrogens (tertiary/aromatic N) is 2. The minimum Gasteiger partial charge on any atom is -0.335 e. The van der Waals surface area contributed by atoms with Crippen molar-refractivity contribution in [2.24, 2.45) is 11.8 Å². The van der Waals surface area contributed by atoms with Gasteiger partial charge in [0.15, 0.2) is 6.54 Å². The van der Waals surface area contributed by atoms with Crippen molar-refractivity contribution in [3.8, 4) is 0 Å². The zero-order valence-corrected chi connectivity index (χ0v) is 16.5. The molecule has 0 aromatic heterocycles. The molecule has 2 fully saturated rings. The Kier molecular flexibility index (Phi) is 5.99. The molecule has 2 saturated heterocycles. The lowest BCUT2D eigenvalue weighted by atomic mass is 9.92. The first kappa shape index (κ1) is 19.3. The van der Waals surface area contributed by atoms with Crippen LogP contribution in [0.4, 0.5) is 0 Å². The fraction of sp³-hybridized carbons (Fsp3) is 0.632. The van der Waals surface area contributed by atoms with Crippen LogP contribution in [-0.4, -0.2) is 69.3 Å². The Morgan fingerprint density at radius 2 is 1.62 bits per heavy atom. The molecule has 1 N–H and O–H groups in total. The standard InChI is InChI=1S/C19H29N3O3S/c1-16-12-17(2)14-20(13-16)15-19(23)21-8-10-22(11-9-21)26(24,25)18-6-4-3-5-7-18/h3-7,16-17H,8-15H2,1-2H3/p+1/t16-,17-/m0/s1. The number of sulfonamides is 1. The van der Waals surface area contributed by atoms with Gasteiger partial charge in [0.1, 0.15) is 0 Å². The van der Waals surface area contributed by atoms with Gasteiger partial charge in [0.25, 0.3) is 5.91 Å². The van der Waals surface area contributed by atoms with Crippen LogP contribution in [0.2, 0.25) is 0 Å². The van der Waals surface area contributed by atoms with Crippen LogP contribution < -0.4 is 4.90 Å². The largest absolute Gasteiger partial charge is 0.335 e. The highest BCUT2D eigenvalue weighted by atomic mass is 32.2. The number of carbonyl (C=O) groups is 1. The number of amides is 1. The second-order valence-electron chi connectivity index (χ2n) is 7.88. The van der Waals surface area contributed by atoms with E-state index in [-0.39, 0.29) is 5.91 Å². The first-order valence-corrected chi connectivity index (χ1v) is 11.0. The molecule has 2 aliphatic heterocycles. The summed E-state index contributed by atoms with van der Waals surface area (Å²) in [5.41, 5.74) is 0. The highest BCUT2D eigenvalue weighted by Gasteiger charge is 2.32. The number of hydrogen-bond donors (Lipinski definition) is 1. The van der Waals surface area contributed by atoms with Crippen molar-refractivity contribution in [3.05, 3.63) is 30.3 Å². The Bertz CT molecular complexity index is 705. The van der Waals surface area contributed by atoms with Gasteiger partial charge in [-0.25, -0.2) is 8.42 Å². The monoisotopic (exact) mass is 380 g/mol. The fourth-order valence-electron chi connectivity index (χ4n) is 4.31. The number of piperidine rings is 1. The number of rotatable bonds is 4. The summed E-state index contributed by atoms with van der Waals surface area (Å²) in [6.07, 6.45) is 1.24. The summed E-state index contributed by atoms with van der Waals surface area (Å²) in [7, 11) is -3.46. The van der Waals surface area contributed by atoms with Crippen molar-refractivity contribution < 1.29 is 18.1 Å². The lowest BCUT2D eigenvalue weighted by molar-refractivity contribution is -0.904. The molecule has 0 saturated carbocycles. The molecule has 3 rings (SSSR count). The fourth-order valence-corrected chi connectivity index (χ4v) is 5.76. The molecule has 2 atom stereocenters. The molecule has 0 aliphatic carbocycles. The van der Waals surface area contributed by atoms with E-state index in [0.717, 1.165) is 13.1 Å². The Labute approximate surface area is 156 Å². The molecule has 2 aliphatic rings. The van der Waals surface area contributed by atoms with E-state index in [0.29, 0.717) is 49.5 Å². The maximum atomic E-state index is 12.7. The quantitative estimate of drug-likeness (QED) is 0.805. The zero-order chi connectivity index (χ0) is 18.7. The van der Waals surface area contributed by atoms with Crippen molar-refractivity contribution in [2.45, 2.75) is 25.2 Å². The lowest BCUT2D eigenvalue weighted by Crippen LogP contribution is -3.15. The summed E-state index contributed by atoms with van der Waals surface area (Å²) in [6.45, 7) is 8.83. The molecule has 2 heterocycles. The average molecular weight is 381 g/mol. The molecule has 1 aromatic rings. The van der Waals surface area contributed by atoms with Gasteiger partial charge in [0.05, 0.1) is 18.0 Å². The highest BCUT2D eigenvalue weighted by molar-refractivity contribution is 7.89. The molecule has 26 heavy (non-hydrogen) atoms. The van der Waals surface area contributed by atoms with Crippen molar-refractivity contribution in [2.75, 3.05) is 45.8 Å². The first-order valence-electron chi connectivity index (χ1n) is 9.53. The smallest absolute Gasteiger partial charge is 0.277 e. The lowest BCUT2D eigenvalue weighted by Gasteiger charge is -2.36. The van der Waals surface area contributed by atoms with Crippen LogP contribution in [0.5, 0.6) is 0 Å². The average Bonchev–Trinajstić information content (AvgIpc) is 2.61. The van der Waals surface area contributed by atoms with Crippen molar-refractivity contribution in [3.63, 3.8) is 0 Å².